The lowest BCUT2D eigenvalue weighted by Crippen LogP contribution is -2.15. The van der Waals surface area contributed by atoms with E-state index in [-0.39, 0.29) is 16.7 Å². The van der Waals surface area contributed by atoms with Crippen molar-refractivity contribution in [2.75, 3.05) is 10.5 Å². The molecule has 0 aliphatic carbocycles. The topological polar surface area (TPSA) is 85.1 Å². The van der Waals surface area contributed by atoms with Gasteiger partial charge in [-0.3, -0.25) is 4.72 Å². The number of nitrogen functional groups attached to an aromatic ring is 1. The minimum absolute atomic E-state index is 0.138. The first-order chi connectivity index (χ1) is 9.70. The fraction of sp³-hybridized carbons (Fsp3) is 0.250. The van der Waals surface area contributed by atoms with Crippen molar-refractivity contribution < 1.29 is 12.8 Å². The first-order valence-electron chi connectivity index (χ1n) is 5.93. The summed E-state index contributed by atoms with van der Waals surface area (Å²) < 4.78 is 40.8. The number of halogens is 2. The number of rotatable bonds is 4. The van der Waals surface area contributed by atoms with Gasteiger partial charge in [-0.1, -0.05) is 13.8 Å². The summed E-state index contributed by atoms with van der Waals surface area (Å²) in [4.78, 5) is 3.65. The molecule has 0 amide bonds. The van der Waals surface area contributed by atoms with Crippen molar-refractivity contribution >= 4 is 48.1 Å². The molecule has 9 heteroatoms. The molecule has 1 heterocycles. The molecule has 0 bridgehead atoms. The summed E-state index contributed by atoms with van der Waals surface area (Å²) in [5, 5.41) is 1.95. The number of nitrogens with zero attached hydrogens (tertiary/aromatic N) is 1. The van der Waals surface area contributed by atoms with Crippen LogP contribution in [0.25, 0.3) is 0 Å². The molecule has 0 unspecified atom stereocenters. The van der Waals surface area contributed by atoms with Crippen molar-refractivity contribution in [3.8, 4) is 0 Å². The molecule has 0 fully saturated rings. The second-order valence-electron chi connectivity index (χ2n) is 4.64. The first kappa shape index (κ1) is 16.2. The number of hydrogen-bond donors (Lipinski definition) is 2. The molecule has 0 aliphatic rings. The monoisotopic (exact) mass is 393 g/mol. The molecular formula is C12H13BrFN3O2S2. The van der Waals surface area contributed by atoms with E-state index in [9.17, 15) is 12.8 Å². The number of aromatic nitrogens is 1. The van der Waals surface area contributed by atoms with Crippen molar-refractivity contribution in [2.45, 2.75) is 24.7 Å². The van der Waals surface area contributed by atoms with E-state index < -0.39 is 20.7 Å². The first-order valence-corrected chi connectivity index (χ1v) is 9.09. The Morgan fingerprint density at radius 2 is 2.10 bits per heavy atom. The fourth-order valence-corrected chi connectivity index (χ4v) is 4.05. The van der Waals surface area contributed by atoms with Crippen LogP contribution >= 0.6 is 27.3 Å². The highest BCUT2D eigenvalue weighted by Gasteiger charge is 2.22. The van der Waals surface area contributed by atoms with Crippen LogP contribution in [0.3, 0.4) is 0 Å². The molecular weight excluding hydrogens is 381 g/mol. The van der Waals surface area contributed by atoms with E-state index in [1.807, 2.05) is 13.8 Å². The summed E-state index contributed by atoms with van der Waals surface area (Å²) in [5.41, 5.74) is 6.51. The third-order valence-corrected chi connectivity index (χ3v) is 5.62. The molecule has 2 rings (SSSR count). The van der Waals surface area contributed by atoms with E-state index in [2.05, 4.69) is 25.6 Å². The number of sulfonamides is 1. The van der Waals surface area contributed by atoms with E-state index in [4.69, 9.17) is 5.73 Å². The van der Waals surface area contributed by atoms with Crippen LogP contribution in [0.15, 0.2) is 26.9 Å². The summed E-state index contributed by atoms with van der Waals surface area (Å²) in [6.45, 7) is 3.89. The van der Waals surface area contributed by atoms with Gasteiger partial charge in [0.1, 0.15) is 10.7 Å². The number of nitrogens with two attached hydrogens (primary N) is 1. The molecule has 0 atom stereocenters. The van der Waals surface area contributed by atoms with Gasteiger partial charge in [-0.25, -0.2) is 17.8 Å². The Kier molecular flexibility index (Phi) is 4.54. The van der Waals surface area contributed by atoms with Gasteiger partial charge in [0.25, 0.3) is 10.0 Å². The maximum atomic E-state index is 13.8. The van der Waals surface area contributed by atoms with Gasteiger partial charge >= 0.3 is 0 Å². The predicted octanol–water partition coefficient (Wildman–Crippen LogP) is 3.55. The number of benzene rings is 1. The van der Waals surface area contributed by atoms with Crippen LogP contribution in [0.1, 0.15) is 25.5 Å². The third kappa shape index (κ3) is 3.53. The van der Waals surface area contributed by atoms with E-state index in [1.54, 1.807) is 5.38 Å². The Morgan fingerprint density at radius 1 is 1.43 bits per heavy atom. The van der Waals surface area contributed by atoms with Gasteiger partial charge < -0.3 is 5.73 Å². The molecule has 5 nitrogen and oxygen atoms in total. The van der Waals surface area contributed by atoms with Gasteiger partial charge in [0.05, 0.1) is 5.69 Å². The second-order valence-corrected chi connectivity index (χ2v) is 8.01. The average Bonchev–Trinajstić information content (AvgIpc) is 2.81. The van der Waals surface area contributed by atoms with Crippen LogP contribution in [0.4, 0.5) is 15.2 Å². The minimum Gasteiger partial charge on any atom is -0.398 e. The smallest absolute Gasteiger partial charge is 0.266 e. The van der Waals surface area contributed by atoms with E-state index in [0.717, 1.165) is 29.2 Å². The molecule has 0 aliphatic heterocycles. The number of anilines is 2. The summed E-state index contributed by atoms with van der Waals surface area (Å²) in [6.07, 6.45) is 0. The van der Waals surface area contributed by atoms with Crippen LogP contribution in [0.2, 0.25) is 0 Å². The molecule has 21 heavy (non-hydrogen) atoms. The van der Waals surface area contributed by atoms with Crippen LogP contribution < -0.4 is 10.5 Å². The normalized spacial score (nSPS) is 11.9. The lowest BCUT2D eigenvalue weighted by molar-refractivity contribution is 0.570. The van der Waals surface area contributed by atoms with Crippen molar-refractivity contribution in [3.05, 3.63) is 33.5 Å². The molecule has 1 aromatic carbocycles. The Hall–Kier alpha value is -1.19. The number of thiazole rings is 1. The Bertz CT molecular complexity index is 775. The predicted molar refractivity (Wildman–Crippen MR) is 85.5 cm³/mol. The van der Waals surface area contributed by atoms with Crippen LogP contribution in [-0.4, -0.2) is 13.4 Å². The summed E-state index contributed by atoms with van der Waals surface area (Å²) in [6, 6.07) is 2.09. The minimum atomic E-state index is -4.07. The van der Waals surface area contributed by atoms with Gasteiger partial charge in [0.15, 0.2) is 5.13 Å². The Balaban J connectivity index is 2.36. The van der Waals surface area contributed by atoms with Crippen LogP contribution in [0.5, 0.6) is 0 Å². The van der Waals surface area contributed by atoms with Gasteiger partial charge in [-0.05, 0) is 34.0 Å². The highest BCUT2D eigenvalue weighted by atomic mass is 79.9. The van der Waals surface area contributed by atoms with Crippen LogP contribution in [0, 0.1) is 5.82 Å². The van der Waals surface area contributed by atoms with Crippen molar-refractivity contribution in [2.24, 2.45) is 0 Å². The zero-order valence-electron chi connectivity index (χ0n) is 11.2. The average molecular weight is 394 g/mol. The van der Waals surface area contributed by atoms with Crippen molar-refractivity contribution in [1.82, 2.24) is 4.98 Å². The maximum absolute atomic E-state index is 13.8. The highest BCUT2D eigenvalue weighted by molar-refractivity contribution is 9.10. The molecule has 114 valence electrons. The molecule has 1 aromatic heterocycles. The quantitative estimate of drug-likeness (QED) is 0.777. The summed E-state index contributed by atoms with van der Waals surface area (Å²) in [5.74, 6) is -0.705. The lowest BCUT2D eigenvalue weighted by Gasteiger charge is -2.08. The molecule has 3 N–H and O–H groups in total. The number of hydrogen-bond acceptors (Lipinski definition) is 5. The SMILES string of the molecule is CC(C)c1csc(NS(=O)(=O)c2cc(N)c(Br)cc2F)n1. The van der Waals surface area contributed by atoms with Gasteiger partial charge in [0, 0.05) is 15.5 Å². The molecule has 0 spiro atoms. The van der Waals surface area contributed by atoms with E-state index in [1.165, 1.54) is 0 Å². The highest BCUT2D eigenvalue weighted by Crippen LogP contribution is 2.28. The summed E-state index contributed by atoms with van der Waals surface area (Å²) >= 11 is 4.19. The lowest BCUT2D eigenvalue weighted by atomic mass is 10.2. The van der Waals surface area contributed by atoms with Crippen LogP contribution in [-0.2, 0) is 10.0 Å². The fourth-order valence-electron chi connectivity index (χ4n) is 1.52. The van der Waals surface area contributed by atoms with Crippen molar-refractivity contribution in [3.63, 3.8) is 0 Å². The Labute approximate surface area is 134 Å². The molecule has 0 saturated heterocycles. The van der Waals surface area contributed by atoms with Gasteiger partial charge in [-0.15, -0.1) is 11.3 Å². The largest absolute Gasteiger partial charge is 0.398 e. The summed E-state index contributed by atoms with van der Waals surface area (Å²) in [7, 11) is -4.07. The molecule has 0 saturated carbocycles. The molecule has 2 aromatic rings. The standard InChI is InChI=1S/C12H13BrFN3O2S2/c1-6(2)10-5-20-12(16-10)17-21(18,19)11-4-9(15)7(13)3-8(11)14/h3-6H,15H2,1-2H3,(H,16,17). The zero-order valence-corrected chi connectivity index (χ0v) is 14.4. The third-order valence-electron chi connectivity index (χ3n) is 2.68. The van der Waals surface area contributed by atoms with Gasteiger partial charge in [0.2, 0.25) is 0 Å². The van der Waals surface area contributed by atoms with Gasteiger partial charge in [-0.2, -0.15) is 0 Å². The van der Waals surface area contributed by atoms with E-state index >= 15 is 0 Å². The second kappa shape index (κ2) is 5.90. The Morgan fingerprint density at radius 3 is 2.67 bits per heavy atom. The maximum Gasteiger partial charge on any atom is 0.266 e. The number of nitrogens with one attached hydrogen (secondary N) is 1. The zero-order chi connectivity index (χ0) is 15.8. The van der Waals surface area contributed by atoms with E-state index in [0.29, 0.717) is 4.47 Å². The van der Waals surface area contributed by atoms with Crippen molar-refractivity contribution in [1.29, 1.82) is 0 Å². The molecule has 0 radical (unpaired) electrons.